The van der Waals surface area contributed by atoms with Gasteiger partial charge in [-0.25, -0.2) is 9.80 Å². The molecule has 1 aliphatic heterocycles. The van der Waals surface area contributed by atoms with Gasteiger partial charge < -0.3 is 10.0 Å². The molecule has 9 heteroatoms. The summed E-state index contributed by atoms with van der Waals surface area (Å²) in [6.07, 6.45) is 3.13. The zero-order valence-electron chi connectivity index (χ0n) is 12.2. The Balaban J connectivity index is 2.00. The molecule has 3 rings (SSSR count). The van der Waals surface area contributed by atoms with Gasteiger partial charge in [0.15, 0.2) is 12.0 Å². The third-order valence-corrected chi connectivity index (χ3v) is 3.36. The molecular formula is C15H11N5O4. The van der Waals surface area contributed by atoms with Gasteiger partial charge in [0.25, 0.3) is 0 Å². The van der Waals surface area contributed by atoms with Gasteiger partial charge in [-0.15, -0.1) is 0 Å². The molecule has 0 saturated carbocycles. The van der Waals surface area contributed by atoms with E-state index in [1.54, 1.807) is 18.2 Å². The minimum Gasteiger partial charge on any atom is -0.710 e. The van der Waals surface area contributed by atoms with Gasteiger partial charge in [0, 0.05) is 17.5 Å². The Morgan fingerprint density at radius 1 is 1.33 bits per heavy atom. The van der Waals surface area contributed by atoms with Gasteiger partial charge in [0.2, 0.25) is 6.04 Å². The van der Waals surface area contributed by atoms with Gasteiger partial charge in [0.1, 0.15) is 5.69 Å². The van der Waals surface area contributed by atoms with E-state index in [0.717, 1.165) is 0 Å². The van der Waals surface area contributed by atoms with Gasteiger partial charge in [-0.2, -0.15) is 0 Å². The normalized spacial score (nSPS) is 17.0. The van der Waals surface area contributed by atoms with Crippen molar-refractivity contribution in [2.24, 2.45) is 10.2 Å². The largest absolute Gasteiger partial charge is 0.710 e. The molecule has 2 aromatic rings. The summed E-state index contributed by atoms with van der Waals surface area (Å²) in [6, 6.07) is 7.79. The number of benzene rings is 1. The number of para-hydroxylation sites is 2. The van der Waals surface area contributed by atoms with E-state index in [9.17, 15) is 20.0 Å². The fraction of sp³-hybridized carbons (Fsp3) is 0.0667. The molecule has 24 heavy (non-hydrogen) atoms. The summed E-state index contributed by atoms with van der Waals surface area (Å²) >= 11 is 0. The maximum atomic E-state index is 12.4. The van der Waals surface area contributed by atoms with E-state index in [-0.39, 0.29) is 16.9 Å². The zero-order chi connectivity index (χ0) is 17.1. The minimum absolute atomic E-state index is 0.0841. The van der Waals surface area contributed by atoms with Crippen LogP contribution in [0.15, 0.2) is 59.0 Å². The fourth-order valence-electron chi connectivity index (χ4n) is 2.19. The highest BCUT2D eigenvalue weighted by atomic mass is 16.5. The van der Waals surface area contributed by atoms with E-state index >= 15 is 0 Å². The van der Waals surface area contributed by atoms with E-state index < -0.39 is 17.8 Å². The van der Waals surface area contributed by atoms with Crippen LogP contribution in [0.4, 0.5) is 11.4 Å². The number of fused-ring (bicyclic) bond motifs is 1. The number of anilines is 1. The molecule has 1 aliphatic rings. The van der Waals surface area contributed by atoms with Gasteiger partial charge in [-0.1, -0.05) is 12.1 Å². The number of aromatic nitrogens is 1. The number of carbonyl (C=O) groups excluding carboxylic acids is 2. The highest BCUT2D eigenvalue weighted by Crippen LogP contribution is 2.32. The summed E-state index contributed by atoms with van der Waals surface area (Å²) in [5, 5.41) is 30.1. The number of hydrogen-bond donors (Lipinski definition) is 1. The molecule has 1 amide bonds. The average molecular weight is 325 g/mol. The van der Waals surface area contributed by atoms with Gasteiger partial charge in [-0.05, 0) is 24.3 Å². The first-order valence-corrected chi connectivity index (χ1v) is 6.86. The number of pyridine rings is 1. The molecule has 9 nitrogen and oxygen atoms in total. The predicted molar refractivity (Wildman–Crippen MR) is 82.3 cm³/mol. The Labute approximate surface area is 135 Å². The number of aldehydes is 1. The third kappa shape index (κ3) is 2.63. The van der Waals surface area contributed by atoms with Crippen LogP contribution in [0.2, 0.25) is 0 Å². The molecule has 120 valence electrons. The van der Waals surface area contributed by atoms with E-state index in [4.69, 9.17) is 0 Å². The summed E-state index contributed by atoms with van der Waals surface area (Å²) < 4.78 is 0.362. The second-order valence-electron chi connectivity index (χ2n) is 4.81. The van der Waals surface area contributed by atoms with Crippen LogP contribution >= 0.6 is 0 Å². The van der Waals surface area contributed by atoms with Gasteiger partial charge in [0.05, 0.1) is 10.7 Å². The number of rotatable bonds is 2. The molecule has 0 bridgehead atoms. The fourth-order valence-corrected chi connectivity index (χ4v) is 2.19. The topological polar surface area (TPSA) is 121 Å². The van der Waals surface area contributed by atoms with Crippen LogP contribution in [0, 0.1) is 5.21 Å². The predicted octanol–water partition coefficient (Wildman–Crippen LogP) is 1.69. The molecule has 0 fully saturated rings. The lowest BCUT2D eigenvalue weighted by molar-refractivity contribution is -0.365. The first-order chi connectivity index (χ1) is 11.6. The Hall–Kier alpha value is -3.46. The van der Waals surface area contributed by atoms with Crippen LogP contribution in [0.25, 0.3) is 0 Å². The van der Waals surface area contributed by atoms with Crippen molar-refractivity contribution in [3.63, 3.8) is 0 Å². The lowest BCUT2D eigenvalue weighted by atomic mass is 10.1. The van der Waals surface area contributed by atoms with Crippen molar-refractivity contribution < 1.29 is 19.5 Å². The SMILES string of the molecule is O=CC1C(N=NC(=O)c2cccnc2)=[N+]([O-])c2ccccc2N1O. The smallest absolute Gasteiger partial charge is 0.362 e. The van der Waals surface area contributed by atoms with E-state index in [2.05, 4.69) is 15.2 Å². The Bertz CT molecular complexity index is 850. The minimum atomic E-state index is -1.37. The maximum Gasteiger partial charge on any atom is 0.362 e. The maximum absolute atomic E-state index is 12.4. The van der Waals surface area contributed by atoms with Crippen molar-refractivity contribution in [1.29, 1.82) is 0 Å². The lowest BCUT2D eigenvalue weighted by Crippen LogP contribution is -2.45. The summed E-state index contributed by atoms with van der Waals surface area (Å²) in [6.45, 7) is 0. The summed E-state index contributed by atoms with van der Waals surface area (Å²) in [5.41, 5.74) is 0.419. The molecule has 2 heterocycles. The van der Waals surface area contributed by atoms with Gasteiger partial charge >= 0.3 is 11.7 Å². The van der Waals surface area contributed by atoms with E-state index in [1.807, 2.05) is 0 Å². The van der Waals surface area contributed by atoms with Crippen molar-refractivity contribution in [1.82, 2.24) is 4.98 Å². The molecule has 1 aromatic carbocycles. The van der Waals surface area contributed by atoms with Crippen LogP contribution in [-0.4, -0.2) is 39.0 Å². The van der Waals surface area contributed by atoms with Crippen LogP contribution in [0.1, 0.15) is 10.4 Å². The second-order valence-corrected chi connectivity index (χ2v) is 4.81. The Morgan fingerprint density at radius 2 is 2.12 bits per heavy atom. The van der Waals surface area contributed by atoms with Crippen molar-refractivity contribution >= 4 is 29.4 Å². The third-order valence-electron chi connectivity index (χ3n) is 3.36. The number of nitrogens with zero attached hydrogens (tertiary/aromatic N) is 5. The molecule has 1 atom stereocenters. The number of amidine groups is 1. The molecule has 1 aromatic heterocycles. The number of carbonyl (C=O) groups is 2. The number of hydroxylamine groups is 1. The lowest BCUT2D eigenvalue weighted by Gasteiger charge is -2.29. The quantitative estimate of drug-likeness (QED) is 0.388. The van der Waals surface area contributed by atoms with E-state index in [1.165, 1.54) is 30.6 Å². The van der Waals surface area contributed by atoms with Crippen molar-refractivity contribution in [3.8, 4) is 0 Å². The van der Waals surface area contributed by atoms with Crippen LogP contribution in [0.5, 0.6) is 0 Å². The van der Waals surface area contributed by atoms with E-state index in [0.29, 0.717) is 16.1 Å². The first-order valence-electron chi connectivity index (χ1n) is 6.86. The molecule has 0 aliphatic carbocycles. The van der Waals surface area contributed by atoms with Crippen molar-refractivity contribution in [2.45, 2.75) is 6.04 Å². The molecule has 0 saturated heterocycles. The Kier molecular flexibility index (Phi) is 4.08. The van der Waals surface area contributed by atoms with Crippen LogP contribution in [0.3, 0.4) is 0 Å². The summed E-state index contributed by atoms with van der Waals surface area (Å²) in [4.78, 5) is 27.0. The van der Waals surface area contributed by atoms with Crippen molar-refractivity contribution in [3.05, 3.63) is 59.6 Å². The number of azo groups is 1. The van der Waals surface area contributed by atoms with Crippen LogP contribution < -0.4 is 5.06 Å². The molecule has 1 unspecified atom stereocenters. The van der Waals surface area contributed by atoms with Crippen LogP contribution in [-0.2, 0) is 4.79 Å². The molecule has 1 N–H and O–H groups in total. The molecule has 0 radical (unpaired) electrons. The first kappa shape index (κ1) is 15.4. The van der Waals surface area contributed by atoms with Crippen molar-refractivity contribution in [2.75, 3.05) is 5.06 Å². The number of hydrogen-bond acceptors (Lipinski definition) is 7. The monoisotopic (exact) mass is 325 g/mol. The average Bonchev–Trinajstić information content (AvgIpc) is 2.64. The second kappa shape index (κ2) is 6.34. The highest BCUT2D eigenvalue weighted by Gasteiger charge is 2.37. The number of amides is 1. The molecule has 0 spiro atoms. The Morgan fingerprint density at radius 3 is 2.83 bits per heavy atom. The zero-order valence-corrected chi connectivity index (χ0v) is 12.2. The summed E-state index contributed by atoms with van der Waals surface area (Å²) in [7, 11) is 0. The summed E-state index contributed by atoms with van der Waals surface area (Å²) in [5.74, 6) is -1.14. The standard InChI is InChI=1S/C15H11N5O4/c21-9-13-14(17-18-15(22)10-4-3-7-16-8-10)20(24)12-6-2-1-5-11(12)19(13)23/h1-9,13,23H. The van der Waals surface area contributed by atoms with Gasteiger partial charge in [-0.3, -0.25) is 15.0 Å². The highest BCUT2D eigenvalue weighted by molar-refractivity contribution is 6.03. The molecular weight excluding hydrogens is 314 g/mol.